The minimum absolute atomic E-state index is 0.135. The summed E-state index contributed by atoms with van der Waals surface area (Å²) in [5.74, 6) is -1.06. The predicted octanol–water partition coefficient (Wildman–Crippen LogP) is 3.84. The number of hydrogen-bond donors (Lipinski definition) is 1. The second kappa shape index (κ2) is 11.3. The van der Waals surface area contributed by atoms with Crippen LogP contribution in [0.25, 0.3) is 0 Å². The zero-order chi connectivity index (χ0) is 26.7. The van der Waals surface area contributed by atoms with Crippen LogP contribution in [0, 0.1) is 5.82 Å². The van der Waals surface area contributed by atoms with E-state index in [1.54, 1.807) is 43.1 Å². The molecule has 10 heteroatoms. The molecular formula is C27H30ClFN4O4. The lowest BCUT2D eigenvalue weighted by Gasteiger charge is -2.42. The van der Waals surface area contributed by atoms with Gasteiger partial charge in [0.05, 0.1) is 18.2 Å². The van der Waals surface area contributed by atoms with Crippen molar-refractivity contribution in [1.82, 2.24) is 20.0 Å². The maximum Gasteiger partial charge on any atom is 0.338 e. The van der Waals surface area contributed by atoms with E-state index < -0.39 is 17.8 Å². The lowest BCUT2D eigenvalue weighted by molar-refractivity contribution is -0.139. The number of amides is 3. The molecule has 3 amide bonds. The lowest BCUT2D eigenvalue weighted by Crippen LogP contribution is -2.56. The molecule has 0 bridgehead atoms. The fourth-order valence-corrected chi connectivity index (χ4v) is 4.98. The number of esters is 1. The summed E-state index contributed by atoms with van der Waals surface area (Å²) >= 11 is 6.20. The topological polar surface area (TPSA) is 82.2 Å². The summed E-state index contributed by atoms with van der Waals surface area (Å²) in [5.41, 5.74) is 2.00. The number of nitrogens with one attached hydrogen (secondary N) is 1. The number of ether oxygens (including phenoxy) is 1. The molecule has 1 fully saturated rings. The van der Waals surface area contributed by atoms with E-state index in [0.717, 1.165) is 0 Å². The molecule has 196 valence electrons. The highest BCUT2D eigenvalue weighted by Crippen LogP contribution is 2.33. The van der Waals surface area contributed by atoms with Crippen molar-refractivity contribution >= 4 is 29.5 Å². The average Bonchev–Trinajstić information content (AvgIpc) is 2.87. The van der Waals surface area contributed by atoms with Gasteiger partial charge in [0.1, 0.15) is 5.82 Å². The third-order valence-corrected chi connectivity index (χ3v) is 6.93. The van der Waals surface area contributed by atoms with E-state index in [-0.39, 0.29) is 24.6 Å². The Morgan fingerprint density at radius 3 is 2.54 bits per heavy atom. The van der Waals surface area contributed by atoms with Crippen molar-refractivity contribution in [2.75, 3.05) is 39.8 Å². The highest BCUT2D eigenvalue weighted by Gasteiger charge is 2.38. The Morgan fingerprint density at radius 1 is 1.16 bits per heavy atom. The average molecular weight is 529 g/mol. The second-order valence-electron chi connectivity index (χ2n) is 9.17. The summed E-state index contributed by atoms with van der Waals surface area (Å²) in [6.45, 7) is 5.71. The molecule has 2 aliphatic heterocycles. The fourth-order valence-electron chi connectivity index (χ4n) is 4.78. The van der Waals surface area contributed by atoms with Gasteiger partial charge in [-0.15, -0.1) is 0 Å². The number of halogens is 2. The summed E-state index contributed by atoms with van der Waals surface area (Å²) in [4.78, 5) is 44.4. The number of carbonyl (C=O) groups excluding carboxylic acids is 3. The summed E-state index contributed by atoms with van der Waals surface area (Å²) in [5, 5.41) is 3.38. The third kappa shape index (κ3) is 5.78. The third-order valence-electron chi connectivity index (χ3n) is 6.69. The Hall–Kier alpha value is -3.43. The first-order chi connectivity index (χ1) is 17.7. The lowest BCUT2D eigenvalue weighted by atomic mass is 9.94. The van der Waals surface area contributed by atoms with Crippen LogP contribution in [-0.4, -0.2) is 78.5 Å². The fraction of sp³-hybridized carbons (Fsp3) is 0.370. The molecule has 37 heavy (non-hydrogen) atoms. The number of hydrogen-bond acceptors (Lipinski definition) is 5. The molecule has 2 aromatic carbocycles. The molecule has 0 aromatic heterocycles. The van der Waals surface area contributed by atoms with Crippen molar-refractivity contribution in [2.45, 2.75) is 25.9 Å². The predicted molar refractivity (Wildman–Crippen MR) is 137 cm³/mol. The molecule has 0 saturated carbocycles. The summed E-state index contributed by atoms with van der Waals surface area (Å²) in [6.07, 6.45) is 0. The zero-order valence-electron chi connectivity index (χ0n) is 21.0. The van der Waals surface area contributed by atoms with E-state index in [1.165, 1.54) is 29.2 Å². The molecule has 2 atom stereocenters. The minimum atomic E-state index is -0.713. The Morgan fingerprint density at radius 2 is 1.89 bits per heavy atom. The van der Waals surface area contributed by atoms with Gasteiger partial charge in [0.2, 0.25) is 0 Å². The van der Waals surface area contributed by atoms with Gasteiger partial charge in [0.15, 0.2) is 0 Å². The molecule has 2 aliphatic rings. The highest BCUT2D eigenvalue weighted by atomic mass is 35.5. The standard InChI is InChI=1S/C27H30ClFN4O4/c1-4-37-26(35)23-22(31(3)27(36)30-24(23)19-6-5-7-20(28)14-19)16-32-12-13-33(17(2)15-32)25(34)18-8-10-21(29)11-9-18/h5-11,14,17,24H,4,12-13,15-16H2,1-3H3,(H,30,36). The van der Waals surface area contributed by atoms with Crippen molar-refractivity contribution in [1.29, 1.82) is 0 Å². The van der Waals surface area contributed by atoms with Crippen LogP contribution in [0.5, 0.6) is 0 Å². The van der Waals surface area contributed by atoms with Gasteiger partial charge in [-0.1, -0.05) is 23.7 Å². The normalized spacial score (nSPS) is 20.6. The van der Waals surface area contributed by atoms with E-state index >= 15 is 0 Å². The van der Waals surface area contributed by atoms with Crippen molar-refractivity contribution in [2.24, 2.45) is 0 Å². The van der Waals surface area contributed by atoms with Crippen molar-refractivity contribution in [3.8, 4) is 0 Å². The summed E-state index contributed by atoms with van der Waals surface area (Å²) in [6, 6.07) is 11.4. The smallest absolute Gasteiger partial charge is 0.338 e. The molecule has 4 rings (SSSR count). The molecule has 2 heterocycles. The quantitative estimate of drug-likeness (QED) is 0.576. The highest BCUT2D eigenvalue weighted by molar-refractivity contribution is 6.30. The van der Waals surface area contributed by atoms with Crippen molar-refractivity contribution in [3.05, 3.63) is 81.8 Å². The van der Waals surface area contributed by atoms with E-state index in [0.29, 0.717) is 53.6 Å². The molecule has 1 saturated heterocycles. The van der Waals surface area contributed by atoms with Crippen LogP contribution in [0.4, 0.5) is 9.18 Å². The second-order valence-corrected chi connectivity index (χ2v) is 9.60. The first-order valence-corrected chi connectivity index (χ1v) is 12.6. The SMILES string of the molecule is CCOC(=O)C1=C(CN2CCN(C(=O)c3ccc(F)cc3)C(C)C2)N(C)C(=O)NC1c1cccc(Cl)c1. The van der Waals surface area contributed by atoms with E-state index in [4.69, 9.17) is 16.3 Å². The first kappa shape index (κ1) is 26.6. The Bertz CT molecular complexity index is 1220. The molecule has 0 aliphatic carbocycles. The van der Waals surface area contributed by atoms with E-state index in [2.05, 4.69) is 10.2 Å². The number of likely N-dealkylation sites (N-methyl/N-ethyl adjacent to an activating group) is 1. The number of carbonyl (C=O) groups is 3. The number of urea groups is 1. The van der Waals surface area contributed by atoms with E-state index in [1.807, 2.05) is 6.92 Å². The van der Waals surface area contributed by atoms with Gasteiger partial charge in [0, 0.05) is 55.6 Å². The van der Waals surface area contributed by atoms with Gasteiger partial charge in [-0.25, -0.2) is 14.0 Å². The van der Waals surface area contributed by atoms with Crippen LogP contribution in [-0.2, 0) is 9.53 Å². The number of benzene rings is 2. The number of rotatable bonds is 6. The molecule has 2 aromatic rings. The van der Waals surface area contributed by atoms with Crippen molar-refractivity contribution in [3.63, 3.8) is 0 Å². The van der Waals surface area contributed by atoms with Gasteiger partial charge in [-0.3, -0.25) is 14.6 Å². The zero-order valence-corrected chi connectivity index (χ0v) is 21.8. The van der Waals surface area contributed by atoms with Crippen LogP contribution in [0.1, 0.15) is 35.8 Å². The molecule has 8 nitrogen and oxygen atoms in total. The molecular weight excluding hydrogens is 499 g/mol. The Balaban J connectivity index is 1.59. The van der Waals surface area contributed by atoms with Gasteiger partial charge in [-0.2, -0.15) is 0 Å². The van der Waals surface area contributed by atoms with Crippen LogP contribution in [0.3, 0.4) is 0 Å². The maximum absolute atomic E-state index is 13.3. The number of piperazine rings is 1. The van der Waals surface area contributed by atoms with Crippen LogP contribution < -0.4 is 5.32 Å². The van der Waals surface area contributed by atoms with Crippen LogP contribution in [0.2, 0.25) is 5.02 Å². The largest absolute Gasteiger partial charge is 0.463 e. The van der Waals surface area contributed by atoms with Gasteiger partial charge in [0.25, 0.3) is 5.91 Å². The monoisotopic (exact) mass is 528 g/mol. The molecule has 2 unspecified atom stereocenters. The molecule has 0 spiro atoms. The molecule has 1 N–H and O–H groups in total. The minimum Gasteiger partial charge on any atom is -0.463 e. The van der Waals surface area contributed by atoms with Crippen molar-refractivity contribution < 1.29 is 23.5 Å². The van der Waals surface area contributed by atoms with Gasteiger partial charge < -0.3 is 15.0 Å². The maximum atomic E-state index is 13.3. The first-order valence-electron chi connectivity index (χ1n) is 12.2. The van der Waals surface area contributed by atoms with Crippen LogP contribution >= 0.6 is 11.6 Å². The van der Waals surface area contributed by atoms with Crippen LogP contribution in [0.15, 0.2) is 59.8 Å². The van der Waals surface area contributed by atoms with Gasteiger partial charge >= 0.3 is 12.0 Å². The Kier molecular flexibility index (Phi) is 8.14. The molecule has 0 radical (unpaired) electrons. The van der Waals surface area contributed by atoms with E-state index in [9.17, 15) is 18.8 Å². The summed E-state index contributed by atoms with van der Waals surface area (Å²) < 4.78 is 18.7. The number of nitrogens with zero attached hydrogens (tertiary/aromatic N) is 3. The Labute approximate surface area is 220 Å². The summed E-state index contributed by atoms with van der Waals surface area (Å²) in [7, 11) is 1.62. The van der Waals surface area contributed by atoms with Gasteiger partial charge in [-0.05, 0) is 55.8 Å².